The van der Waals surface area contributed by atoms with Gasteiger partial charge in [-0.25, -0.2) is 0 Å². The molecule has 1 aromatic rings. The fourth-order valence-electron chi connectivity index (χ4n) is 1.61. The van der Waals surface area contributed by atoms with Gasteiger partial charge in [-0.05, 0) is 41.2 Å². The standard InChI is InChI=1S/C13H9IN2OS/c1-8-2-4-9(5-3-8)11(7-15)10-6-12(14)18-13(10)16-17/h2-6,17H,1H3/b11-10+,16-13-. The van der Waals surface area contributed by atoms with Crippen LogP contribution in [0.15, 0.2) is 44.0 Å². The van der Waals surface area contributed by atoms with Crippen molar-refractivity contribution in [1.29, 1.82) is 5.26 Å². The third-order valence-corrected chi connectivity index (χ3v) is 4.27. The van der Waals surface area contributed by atoms with E-state index in [0.29, 0.717) is 16.2 Å². The predicted octanol–water partition coefficient (Wildman–Crippen LogP) is 4.08. The zero-order valence-electron chi connectivity index (χ0n) is 9.51. The van der Waals surface area contributed by atoms with E-state index in [4.69, 9.17) is 5.21 Å². The maximum absolute atomic E-state index is 9.32. The molecule has 0 fully saturated rings. The number of aryl methyl sites for hydroxylation is 1. The highest BCUT2D eigenvalue weighted by Crippen LogP contribution is 2.39. The van der Waals surface area contributed by atoms with E-state index in [1.807, 2.05) is 37.3 Å². The van der Waals surface area contributed by atoms with E-state index < -0.39 is 0 Å². The fraction of sp³-hybridized carbons (Fsp3) is 0.0769. The zero-order chi connectivity index (χ0) is 13.1. The van der Waals surface area contributed by atoms with E-state index in [0.717, 1.165) is 14.0 Å². The van der Waals surface area contributed by atoms with Gasteiger partial charge < -0.3 is 5.21 Å². The largest absolute Gasteiger partial charge is 0.410 e. The topological polar surface area (TPSA) is 56.4 Å². The minimum Gasteiger partial charge on any atom is -0.410 e. The summed E-state index contributed by atoms with van der Waals surface area (Å²) in [4.78, 5) is 0. The molecule has 1 aliphatic rings. The van der Waals surface area contributed by atoms with Crippen molar-refractivity contribution in [2.24, 2.45) is 5.16 Å². The number of oxime groups is 1. The summed E-state index contributed by atoms with van der Waals surface area (Å²) >= 11 is 3.50. The molecule has 3 nitrogen and oxygen atoms in total. The van der Waals surface area contributed by atoms with E-state index in [1.165, 1.54) is 11.8 Å². The molecule has 0 unspecified atom stereocenters. The van der Waals surface area contributed by atoms with Gasteiger partial charge in [0.15, 0.2) is 0 Å². The summed E-state index contributed by atoms with van der Waals surface area (Å²) in [6.07, 6.45) is 1.86. The van der Waals surface area contributed by atoms with Gasteiger partial charge in [-0.2, -0.15) is 5.26 Å². The fourth-order valence-corrected chi connectivity index (χ4v) is 3.22. The van der Waals surface area contributed by atoms with Crippen LogP contribution in [0.3, 0.4) is 0 Å². The molecule has 0 amide bonds. The van der Waals surface area contributed by atoms with Crippen LogP contribution in [0.5, 0.6) is 0 Å². The lowest BCUT2D eigenvalue weighted by Gasteiger charge is -2.03. The Balaban J connectivity index is 2.58. The van der Waals surface area contributed by atoms with E-state index in [1.54, 1.807) is 0 Å². The Morgan fingerprint density at radius 2 is 2.06 bits per heavy atom. The Morgan fingerprint density at radius 3 is 2.61 bits per heavy atom. The second-order valence-corrected chi connectivity index (χ2v) is 6.65. The third-order valence-electron chi connectivity index (χ3n) is 2.49. The first-order valence-electron chi connectivity index (χ1n) is 5.14. The van der Waals surface area contributed by atoms with Crippen molar-refractivity contribution in [3.8, 4) is 6.07 Å². The van der Waals surface area contributed by atoms with Crippen LogP contribution >= 0.6 is 34.4 Å². The molecule has 1 aliphatic heterocycles. The number of hydrogen-bond acceptors (Lipinski definition) is 4. The average molecular weight is 368 g/mol. The summed E-state index contributed by atoms with van der Waals surface area (Å²) in [6.45, 7) is 2.00. The molecule has 90 valence electrons. The maximum atomic E-state index is 9.32. The van der Waals surface area contributed by atoms with Crippen LogP contribution in [0.4, 0.5) is 0 Å². The van der Waals surface area contributed by atoms with Gasteiger partial charge in [-0.15, -0.1) is 0 Å². The molecule has 5 heteroatoms. The van der Waals surface area contributed by atoms with Crippen LogP contribution in [0.2, 0.25) is 0 Å². The molecule has 18 heavy (non-hydrogen) atoms. The van der Waals surface area contributed by atoms with E-state index in [2.05, 4.69) is 33.8 Å². The lowest BCUT2D eigenvalue weighted by molar-refractivity contribution is 0.321. The monoisotopic (exact) mass is 368 g/mol. The molecule has 0 aromatic heterocycles. The molecule has 1 aromatic carbocycles. The van der Waals surface area contributed by atoms with Gasteiger partial charge >= 0.3 is 0 Å². The van der Waals surface area contributed by atoms with Crippen LogP contribution in [0.1, 0.15) is 11.1 Å². The van der Waals surface area contributed by atoms with Gasteiger partial charge in [0.25, 0.3) is 0 Å². The van der Waals surface area contributed by atoms with Crippen molar-refractivity contribution in [2.75, 3.05) is 0 Å². The van der Waals surface area contributed by atoms with Crippen molar-refractivity contribution < 1.29 is 5.21 Å². The molecule has 0 atom stereocenters. The highest BCUT2D eigenvalue weighted by Gasteiger charge is 2.21. The Labute approximate surface area is 123 Å². The second kappa shape index (κ2) is 5.59. The Kier molecular flexibility index (Phi) is 4.09. The Hall–Kier alpha value is -1.26. The SMILES string of the molecule is Cc1ccc(/C(C#N)=C2\C=C(I)S\C2=N/O)cc1. The first kappa shape index (κ1) is 13.2. The Morgan fingerprint density at radius 1 is 1.39 bits per heavy atom. The smallest absolute Gasteiger partial charge is 0.149 e. The second-order valence-electron chi connectivity index (χ2n) is 3.72. The molecular formula is C13H9IN2OS. The number of allylic oxidation sites excluding steroid dienone is 2. The number of nitrogens with zero attached hydrogens (tertiary/aromatic N) is 2. The van der Waals surface area contributed by atoms with Crippen LogP contribution < -0.4 is 0 Å². The highest BCUT2D eigenvalue weighted by molar-refractivity contribution is 14.1. The zero-order valence-corrected chi connectivity index (χ0v) is 12.5. The summed E-state index contributed by atoms with van der Waals surface area (Å²) in [6, 6.07) is 9.91. The summed E-state index contributed by atoms with van der Waals surface area (Å²) in [5.74, 6) is 0. The molecule has 1 N–H and O–H groups in total. The summed E-state index contributed by atoms with van der Waals surface area (Å²) in [7, 11) is 0. The van der Waals surface area contributed by atoms with Crippen molar-refractivity contribution in [3.63, 3.8) is 0 Å². The number of nitriles is 1. The molecule has 0 saturated carbocycles. The van der Waals surface area contributed by atoms with Crippen LogP contribution in [0, 0.1) is 18.3 Å². The Bertz CT molecular complexity index is 609. The van der Waals surface area contributed by atoms with Gasteiger partial charge in [0.05, 0.1) is 8.48 Å². The first-order valence-corrected chi connectivity index (χ1v) is 7.04. The molecule has 0 bridgehead atoms. The maximum Gasteiger partial charge on any atom is 0.149 e. The van der Waals surface area contributed by atoms with Crippen molar-refractivity contribution in [2.45, 2.75) is 6.92 Å². The number of halogens is 1. The molecular weight excluding hydrogens is 359 g/mol. The lowest BCUT2D eigenvalue weighted by atomic mass is 10.0. The van der Waals surface area contributed by atoms with Crippen molar-refractivity contribution >= 4 is 45.0 Å². The van der Waals surface area contributed by atoms with Crippen LogP contribution in [0.25, 0.3) is 5.57 Å². The first-order chi connectivity index (χ1) is 8.65. The number of benzene rings is 1. The quantitative estimate of drug-likeness (QED) is 0.352. The molecule has 2 rings (SSSR count). The number of rotatable bonds is 1. The van der Waals surface area contributed by atoms with Crippen LogP contribution in [-0.2, 0) is 0 Å². The summed E-state index contributed by atoms with van der Waals surface area (Å²) < 4.78 is 0.982. The van der Waals surface area contributed by atoms with Gasteiger partial charge in [-0.3, -0.25) is 0 Å². The minimum absolute atomic E-state index is 0.469. The lowest BCUT2D eigenvalue weighted by Crippen LogP contribution is -1.95. The number of thioether (sulfide) groups is 1. The summed E-state index contributed by atoms with van der Waals surface area (Å²) in [5, 5.41) is 22.0. The summed E-state index contributed by atoms with van der Waals surface area (Å²) in [5.41, 5.74) is 3.19. The molecule has 0 aliphatic carbocycles. The van der Waals surface area contributed by atoms with Crippen LogP contribution in [-0.4, -0.2) is 10.3 Å². The van der Waals surface area contributed by atoms with E-state index in [-0.39, 0.29) is 0 Å². The molecule has 1 heterocycles. The van der Waals surface area contributed by atoms with Gasteiger partial charge in [0.2, 0.25) is 0 Å². The van der Waals surface area contributed by atoms with E-state index >= 15 is 0 Å². The molecule has 0 radical (unpaired) electrons. The normalized spacial score (nSPS) is 19.6. The van der Waals surface area contributed by atoms with Crippen molar-refractivity contribution in [3.05, 3.63) is 50.0 Å². The van der Waals surface area contributed by atoms with Gasteiger partial charge in [-0.1, -0.05) is 46.7 Å². The van der Waals surface area contributed by atoms with E-state index in [9.17, 15) is 5.26 Å². The average Bonchev–Trinajstić information content (AvgIpc) is 2.74. The highest BCUT2D eigenvalue weighted by atomic mass is 127. The molecule has 0 spiro atoms. The van der Waals surface area contributed by atoms with Crippen molar-refractivity contribution in [1.82, 2.24) is 0 Å². The minimum atomic E-state index is 0.469. The third kappa shape index (κ3) is 2.60. The van der Waals surface area contributed by atoms with Gasteiger partial charge in [0.1, 0.15) is 11.1 Å². The van der Waals surface area contributed by atoms with Gasteiger partial charge in [0, 0.05) is 5.57 Å². The number of hydrogen-bond donors (Lipinski definition) is 1. The predicted molar refractivity (Wildman–Crippen MR) is 82.6 cm³/mol. The molecule has 0 saturated heterocycles.